The first-order valence-electron chi connectivity index (χ1n) is 13.4. The fourth-order valence-corrected chi connectivity index (χ4v) is 5.81. The van der Waals surface area contributed by atoms with Crippen molar-refractivity contribution in [3.8, 4) is 0 Å². The molecule has 1 aromatic carbocycles. The number of fused-ring (bicyclic) bond motifs is 2. The molecule has 11 nitrogen and oxygen atoms in total. The van der Waals surface area contributed by atoms with Gasteiger partial charge in [-0.15, -0.1) is 0 Å². The third-order valence-corrected chi connectivity index (χ3v) is 7.80. The Balaban J connectivity index is 1.07. The minimum atomic E-state index is -0.965. The highest BCUT2D eigenvalue weighted by atomic mass is 32.1. The van der Waals surface area contributed by atoms with E-state index in [1.165, 1.54) is 36.9 Å². The van der Waals surface area contributed by atoms with Crippen molar-refractivity contribution in [1.29, 1.82) is 0 Å². The zero-order valence-electron chi connectivity index (χ0n) is 22.2. The van der Waals surface area contributed by atoms with Crippen molar-refractivity contribution in [2.24, 2.45) is 0 Å². The van der Waals surface area contributed by atoms with E-state index >= 15 is 0 Å². The van der Waals surface area contributed by atoms with Crippen molar-refractivity contribution in [2.75, 3.05) is 23.7 Å². The standard InChI is InChI=1S/C27H27F2N11S/c1-16-12-40-22(33-18-10-31-39(14-18)15-21-34-20-6-5-19(28)24(29)25(20)35-21)11-30-27(40)26(32-16)36-23-9-17(37-41-23)13-38-7-3-2-4-8-38/h5-6,9-12,14,33H,2-4,7-8,13,15H2,1H3,(H,32,36)(H,34,35). The molecule has 3 N–H and O–H groups in total. The number of benzene rings is 1. The molecule has 0 atom stereocenters. The topological polar surface area (TPSA) is 117 Å². The third-order valence-electron chi connectivity index (χ3n) is 7.06. The van der Waals surface area contributed by atoms with E-state index in [2.05, 4.69) is 46.0 Å². The van der Waals surface area contributed by atoms with Crippen LogP contribution in [-0.2, 0) is 13.1 Å². The lowest BCUT2D eigenvalue weighted by molar-refractivity contribution is 0.219. The van der Waals surface area contributed by atoms with Crippen LogP contribution in [0.2, 0.25) is 0 Å². The van der Waals surface area contributed by atoms with E-state index in [0.29, 0.717) is 22.8 Å². The number of piperidine rings is 1. The molecule has 41 heavy (non-hydrogen) atoms. The maximum absolute atomic E-state index is 14.0. The van der Waals surface area contributed by atoms with Gasteiger partial charge in [0.15, 0.2) is 23.1 Å². The lowest BCUT2D eigenvalue weighted by atomic mass is 10.1. The van der Waals surface area contributed by atoms with E-state index in [4.69, 9.17) is 4.98 Å². The van der Waals surface area contributed by atoms with E-state index in [0.717, 1.165) is 53.6 Å². The lowest BCUT2D eigenvalue weighted by Gasteiger charge is -2.25. The molecule has 1 saturated heterocycles. The molecular formula is C27H27F2N11S. The molecule has 0 spiro atoms. The van der Waals surface area contributed by atoms with Gasteiger partial charge in [0.2, 0.25) is 0 Å². The van der Waals surface area contributed by atoms with Gasteiger partial charge in [-0.05, 0) is 62.6 Å². The number of aromatic amines is 1. The zero-order valence-corrected chi connectivity index (χ0v) is 23.0. The monoisotopic (exact) mass is 575 g/mol. The van der Waals surface area contributed by atoms with Crippen LogP contribution >= 0.6 is 11.5 Å². The summed E-state index contributed by atoms with van der Waals surface area (Å²) in [6.45, 7) is 5.32. The van der Waals surface area contributed by atoms with Crippen LogP contribution in [0.4, 0.5) is 31.1 Å². The fraction of sp³-hybridized carbons (Fsp3) is 0.296. The summed E-state index contributed by atoms with van der Waals surface area (Å²) >= 11 is 1.42. The Hall–Kier alpha value is -4.43. The second kappa shape index (κ2) is 10.5. The van der Waals surface area contributed by atoms with Crippen molar-refractivity contribution >= 4 is 50.5 Å². The Morgan fingerprint density at radius 2 is 1.90 bits per heavy atom. The number of imidazole rings is 2. The molecule has 0 saturated carbocycles. The molecule has 7 rings (SSSR count). The van der Waals surface area contributed by atoms with Crippen LogP contribution in [0.1, 0.15) is 36.5 Å². The molecule has 0 unspecified atom stereocenters. The summed E-state index contributed by atoms with van der Waals surface area (Å²) in [5.41, 5.74) is 3.69. The van der Waals surface area contributed by atoms with Crippen molar-refractivity contribution in [1.82, 2.24) is 43.4 Å². The van der Waals surface area contributed by atoms with Gasteiger partial charge in [-0.1, -0.05) is 6.42 Å². The highest BCUT2D eigenvalue weighted by molar-refractivity contribution is 7.10. The summed E-state index contributed by atoms with van der Waals surface area (Å²) in [6.07, 6.45) is 11.0. The number of halogens is 2. The van der Waals surface area contributed by atoms with Crippen molar-refractivity contribution in [3.05, 3.63) is 71.8 Å². The van der Waals surface area contributed by atoms with Crippen LogP contribution in [0.3, 0.4) is 0 Å². The number of hydrogen-bond acceptors (Lipinski definition) is 9. The number of aromatic nitrogens is 8. The molecule has 0 radical (unpaired) electrons. The quantitative estimate of drug-likeness (QED) is 0.222. The zero-order chi connectivity index (χ0) is 27.9. The van der Waals surface area contributed by atoms with Gasteiger partial charge in [0.05, 0.1) is 41.5 Å². The van der Waals surface area contributed by atoms with Gasteiger partial charge < -0.3 is 15.6 Å². The highest BCUT2D eigenvalue weighted by Crippen LogP contribution is 2.27. The van der Waals surface area contributed by atoms with Gasteiger partial charge in [-0.2, -0.15) is 9.47 Å². The molecule has 6 aromatic rings. The van der Waals surface area contributed by atoms with Crippen LogP contribution in [0.5, 0.6) is 0 Å². The molecule has 0 aliphatic carbocycles. The molecular weight excluding hydrogens is 548 g/mol. The van der Waals surface area contributed by atoms with Gasteiger partial charge >= 0.3 is 0 Å². The summed E-state index contributed by atoms with van der Waals surface area (Å²) in [6, 6.07) is 4.63. The number of likely N-dealkylation sites (tertiary alicyclic amines) is 1. The summed E-state index contributed by atoms with van der Waals surface area (Å²) in [5, 5.41) is 12.1. The predicted octanol–water partition coefficient (Wildman–Crippen LogP) is 5.37. The smallest absolute Gasteiger partial charge is 0.186 e. The molecule has 0 amide bonds. The second-order valence-electron chi connectivity index (χ2n) is 10.2. The fourth-order valence-electron chi connectivity index (χ4n) is 5.15. The van der Waals surface area contributed by atoms with Crippen molar-refractivity contribution in [2.45, 2.75) is 39.3 Å². The first-order valence-corrected chi connectivity index (χ1v) is 14.2. The number of nitrogens with zero attached hydrogens (tertiary/aromatic N) is 8. The predicted molar refractivity (Wildman–Crippen MR) is 153 cm³/mol. The van der Waals surface area contributed by atoms with E-state index < -0.39 is 11.6 Å². The largest absolute Gasteiger partial charge is 0.340 e. The van der Waals surface area contributed by atoms with E-state index in [1.807, 2.05) is 17.5 Å². The Bertz CT molecular complexity index is 1850. The van der Waals surface area contributed by atoms with E-state index in [9.17, 15) is 8.78 Å². The Labute approximate surface area is 237 Å². The second-order valence-corrected chi connectivity index (χ2v) is 11.0. The summed E-state index contributed by atoms with van der Waals surface area (Å²) in [7, 11) is 0. The average molecular weight is 576 g/mol. The number of H-pyrrole nitrogens is 1. The molecule has 210 valence electrons. The minimum Gasteiger partial charge on any atom is -0.340 e. The number of rotatable bonds is 8. The molecule has 6 heterocycles. The maximum Gasteiger partial charge on any atom is 0.186 e. The average Bonchev–Trinajstić information content (AvgIpc) is 3.76. The Morgan fingerprint density at radius 3 is 2.78 bits per heavy atom. The van der Waals surface area contributed by atoms with Gasteiger partial charge in [0, 0.05) is 18.9 Å². The highest BCUT2D eigenvalue weighted by Gasteiger charge is 2.16. The van der Waals surface area contributed by atoms with Gasteiger partial charge in [-0.25, -0.2) is 23.7 Å². The van der Waals surface area contributed by atoms with Crippen LogP contribution < -0.4 is 10.6 Å². The van der Waals surface area contributed by atoms with Crippen LogP contribution in [0, 0.1) is 18.6 Å². The lowest BCUT2D eigenvalue weighted by Crippen LogP contribution is -2.29. The minimum absolute atomic E-state index is 0.0267. The molecule has 14 heteroatoms. The Kier molecular flexibility index (Phi) is 6.55. The van der Waals surface area contributed by atoms with E-state index in [1.54, 1.807) is 23.3 Å². The van der Waals surface area contributed by atoms with Crippen molar-refractivity contribution < 1.29 is 8.78 Å². The number of nitrogens with one attached hydrogen (secondary N) is 3. The first kappa shape index (κ1) is 25.5. The van der Waals surface area contributed by atoms with Crippen LogP contribution in [0.25, 0.3) is 16.7 Å². The van der Waals surface area contributed by atoms with Crippen LogP contribution in [-0.4, -0.2) is 56.5 Å². The summed E-state index contributed by atoms with van der Waals surface area (Å²) in [5.74, 6) is -0.0385. The maximum atomic E-state index is 14.0. The summed E-state index contributed by atoms with van der Waals surface area (Å²) in [4.78, 5) is 19.0. The number of anilines is 4. The molecule has 1 aliphatic heterocycles. The number of hydrogen-bond donors (Lipinski definition) is 3. The first-order chi connectivity index (χ1) is 20.0. The molecule has 1 fully saturated rings. The normalized spacial score (nSPS) is 14.3. The molecule has 0 bridgehead atoms. The van der Waals surface area contributed by atoms with Gasteiger partial charge in [0.25, 0.3) is 0 Å². The van der Waals surface area contributed by atoms with E-state index in [-0.39, 0.29) is 12.1 Å². The summed E-state index contributed by atoms with van der Waals surface area (Å²) < 4.78 is 35.8. The van der Waals surface area contributed by atoms with Gasteiger partial charge in [0.1, 0.15) is 22.2 Å². The third kappa shape index (κ3) is 5.23. The SMILES string of the molecule is Cc1cn2c(Nc3cnn(Cc4nc5c(F)c(F)ccc5[nH]4)c3)cnc2c(Nc2cc(CN3CCCCC3)ns2)n1. The van der Waals surface area contributed by atoms with Crippen molar-refractivity contribution in [3.63, 3.8) is 0 Å². The molecule has 5 aromatic heterocycles. The van der Waals surface area contributed by atoms with Crippen LogP contribution in [0.15, 0.2) is 43.0 Å². The number of aryl methyl sites for hydroxylation is 1. The van der Waals surface area contributed by atoms with Gasteiger partial charge in [-0.3, -0.25) is 14.0 Å². The molecule has 1 aliphatic rings. The Morgan fingerprint density at radius 1 is 1.02 bits per heavy atom.